The molecule has 2 N–H and O–H groups in total. The van der Waals surface area contributed by atoms with Gasteiger partial charge in [0, 0.05) is 11.9 Å². The third-order valence-corrected chi connectivity index (χ3v) is 3.94. The zero-order valence-electron chi connectivity index (χ0n) is 13.0. The van der Waals surface area contributed by atoms with Gasteiger partial charge in [-0.1, -0.05) is 32.0 Å². The minimum Gasteiger partial charge on any atom is -0.388 e. The summed E-state index contributed by atoms with van der Waals surface area (Å²) >= 11 is 0. The smallest absolute Gasteiger partial charge is 0.275 e. The lowest BCUT2D eigenvalue weighted by molar-refractivity contribution is -0.123. The Hall–Kier alpha value is -2.21. The van der Waals surface area contributed by atoms with Crippen molar-refractivity contribution in [1.82, 2.24) is 15.1 Å². The molecule has 2 aromatic rings. The third kappa shape index (κ3) is 3.51. The molecule has 6 nitrogen and oxygen atoms in total. The number of aliphatic hydroxyl groups is 1. The molecule has 0 aliphatic rings. The first-order chi connectivity index (χ1) is 10.3. The molecular weight excluding hydrogens is 282 g/mol. The van der Waals surface area contributed by atoms with E-state index in [9.17, 15) is 14.7 Å². The second-order valence-electron chi connectivity index (χ2n) is 5.98. The van der Waals surface area contributed by atoms with E-state index in [2.05, 4.69) is 10.4 Å². The molecule has 0 bridgehead atoms. The van der Waals surface area contributed by atoms with E-state index in [-0.39, 0.29) is 30.5 Å². The molecule has 1 amide bonds. The summed E-state index contributed by atoms with van der Waals surface area (Å²) in [6.45, 7) is 5.38. The van der Waals surface area contributed by atoms with Crippen LogP contribution in [0.25, 0.3) is 10.8 Å². The summed E-state index contributed by atoms with van der Waals surface area (Å²) in [5.41, 5.74) is -1.29. The van der Waals surface area contributed by atoms with Gasteiger partial charge in [0.25, 0.3) is 5.56 Å². The fourth-order valence-corrected chi connectivity index (χ4v) is 1.91. The van der Waals surface area contributed by atoms with Gasteiger partial charge in [0.15, 0.2) is 0 Å². The molecule has 6 heteroatoms. The molecule has 22 heavy (non-hydrogen) atoms. The van der Waals surface area contributed by atoms with Gasteiger partial charge in [0.1, 0.15) is 6.54 Å². The Labute approximate surface area is 128 Å². The molecule has 0 aliphatic carbocycles. The summed E-state index contributed by atoms with van der Waals surface area (Å²) in [5, 5.41) is 18.0. The van der Waals surface area contributed by atoms with E-state index in [4.69, 9.17) is 0 Å². The maximum atomic E-state index is 12.2. The second kappa shape index (κ2) is 6.27. The van der Waals surface area contributed by atoms with Crippen molar-refractivity contribution in [2.24, 2.45) is 5.92 Å². The van der Waals surface area contributed by atoms with Crippen molar-refractivity contribution in [3.63, 3.8) is 0 Å². The van der Waals surface area contributed by atoms with Crippen LogP contribution in [0.3, 0.4) is 0 Å². The summed E-state index contributed by atoms with van der Waals surface area (Å²) in [5.74, 6) is -0.347. The highest BCUT2D eigenvalue weighted by atomic mass is 16.3. The van der Waals surface area contributed by atoms with Crippen molar-refractivity contribution in [1.29, 1.82) is 0 Å². The van der Waals surface area contributed by atoms with Gasteiger partial charge in [-0.05, 0) is 18.9 Å². The van der Waals surface area contributed by atoms with Crippen molar-refractivity contribution in [2.75, 3.05) is 6.54 Å². The minimum absolute atomic E-state index is 0.00863. The van der Waals surface area contributed by atoms with Gasteiger partial charge in [-0.3, -0.25) is 9.59 Å². The highest BCUT2D eigenvalue weighted by molar-refractivity contribution is 5.81. The minimum atomic E-state index is -0.989. The molecular formula is C16H21N3O3. The molecule has 0 radical (unpaired) electrons. The Morgan fingerprint density at radius 1 is 1.41 bits per heavy atom. The molecule has 0 saturated heterocycles. The van der Waals surface area contributed by atoms with Crippen LogP contribution in [0.15, 0.2) is 35.3 Å². The first-order valence-electron chi connectivity index (χ1n) is 7.25. The van der Waals surface area contributed by atoms with E-state index in [1.54, 1.807) is 31.3 Å². The maximum absolute atomic E-state index is 12.2. The average molecular weight is 303 g/mol. The number of amides is 1. The fraction of sp³-hybridized carbons (Fsp3) is 0.438. The molecule has 118 valence electrons. The SMILES string of the molecule is CC(C)C(C)(O)CNC(=O)Cn1ncc2ccccc2c1=O. The van der Waals surface area contributed by atoms with Crippen LogP contribution in [0.1, 0.15) is 20.8 Å². The maximum Gasteiger partial charge on any atom is 0.275 e. The predicted octanol–water partition coefficient (Wildman–Crippen LogP) is 0.920. The Kier molecular flexibility index (Phi) is 4.61. The molecule has 1 unspecified atom stereocenters. The molecule has 0 aliphatic heterocycles. The molecule has 0 spiro atoms. The number of nitrogens with one attached hydrogen (secondary N) is 1. The summed E-state index contributed by atoms with van der Waals surface area (Å²) in [6, 6.07) is 7.10. The van der Waals surface area contributed by atoms with Gasteiger partial charge in [0.2, 0.25) is 5.91 Å². The number of fused-ring (bicyclic) bond motifs is 1. The first kappa shape index (κ1) is 16.2. The van der Waals surface area contributed by atoms with Crippen LogP contribution in [-0.2, 0) is 11.3 Å². The van der Waals surface area contributed by atoms with E-state index in [1.165, 1.54) is 0 Å². The second-order valence-corrected chi connectivity index (χ2v) is 5.98. The Bertz CT molecular complexity index is 735. The number of benzene rings is 1. The van der Waals surface area contributed by atoms with Crippen molar-refractivity contribution in [3.05, 3.63) is 40.8 Å². The topological polar surface area (TPSA) is 84.2 Å². The number of hydrogen-bond acceptors (Lipinski definition) is 4. The molecule has 1 atom stereocenters. The summed E-state index contributed by atoms with van der Waals surface area (Å²) in [4.78, 5) is 24.2. The van der Waals surface area contributed by atoms with Gasteiger partial charge >= 0.3 is 0 Å². The van der Waals surface area contributed by atoms with Crippen LogP contribution in [-0.4, -0.2) is 32.9 Å². The van der Waals surface area contributed by atoms with Gasteiger partial charge in [-0.2, -0.15) is 5.10 Å². The standard InChI is InChI=1S/C16H21N3O3/c1-11(2)16(3,22)10-17-14(20)9-19-15(21)13-7-5-4-6-12(13)8-18-19/h4-8,11,22H,9-10H2,1-3H3,(H,17,20). The molecule has 0 fully saturated rings. The van der Waals surface area contributed by atoms with Crippen LogP contribution >= 0.6 is 0 Å². The Morgan fingerprint density at radius 3 is 2.77 bits per heavy atom. The Balaban J connectivity index is 2.10. The number of carbonyl (C=O) groups excluding carboxylic acids is 1. The molecule has 0 saturated carbocycles. The van der Waals surface area contributed by atoms with Crippen molar-refractivity contribution in [2.45, 2.75) is 32.9 Å². The third-order valence-electron chi connectivity index (χ3n) is 3.94. The molecule has 1 heterocycles. The zero-order valence-corrected chi connectivity index (χ0v) is 13.0. The predicted molar refractivity (Wildman–Crippen MR) is 84.5 cm³/mol. The Morgan fingerprint density at radius 2 is 2.09 bits per heavy atom. The summed E-state index contributed by atoms with van der Waals surface area (Å²) < 4.78 is 1.13. The van der Waals surface area contributed by atoms with Crippen LogP contribution < -0.4 is 10.9 Å². The first-order valence-corrected chi connectivity index (χ1v) is 7.25. The molecule has 1 aromatic carbocycles. The van der Waals surface area contributed by atoms with E-state index in [1.807, 2.05) is 19.9 Å². The van der Waals surface area contributed by atoms with Crippen LogP contribution in [0, 0.1) is 5.92 Å². The molecule has 2 rings (SSSR count). The number of rotatable bonds is 5. The van der Waals surface area contributed by atoms with Gasteiger partial charge in [0.05, 0.1) is 17.2 Å². The van der Waals surface area contributed by atoms with Crippen LogP contribution in [0.4, 0.5) is 0 Å². The normalized spacial score (nSPS) is 14.0. The van der Waals surface area contributed by atoms with Crippen LogP contribution in [0.2, 0.25) is 0 Å². The monoisotopic (exact) mass is 303 g/mol. The van der Waals surface area contributed by atoms with E-state index < -0.39 is 5.60 Å². The highest BCUT2D eigenvalue weighted by Gasteiger charge is 2.25. The van der Waals surface area contributed by atoms with Crippen molar-refractivity contribution >= 4 is 16.7 Å². The summed E-state index contributed by atoms with van der Waals surface area (Å²) in [6.07, 6.45) is 1.56. The van der Waals surface area contributed by atoms with Gasteiger partial charge < -0.3 is 10.4 Å². The van der Waals surface area contributed by atoms with Crippen molar-refractivity contribution in [3.8, 4) is 0 Å². The number of aromatic nitrogens is 2. The van der Waals surface area contributed by atoms with Gasteiger partial charge in [-0.15, -0.1) is 0 Å². The largest absolute Gasteiger partial charge is 0.388 e. The number of nitrogens with zero attached hydrogens (tertiary/aromatic N) is 2. The number of hydrogen-bond donors (Lipinski definition) is 2. The highest BCUT2D eigenvalue weighted by Crippen LogP contribution is 2.14. The lowest BCUT2D eigenvalue weighted by atomic mass is 9.92. The summed E-state index contributed by atoms with van der Waals surface area (Å²) in [7, 11) is 0. The van der Waals surface area contributed by atoms with E-state index in [0.29, 0.717) is 5.39 Å². The van der Waals surface area contributed by atoms with Crippen molar-refractivity contribution < 1.29 is 9.90 Å². The number of carbonyl (C=O) groups is 1. The average Bonchev–Trinajstić information content (AvgIpc) is 2.48. The zero-order chi connectivity index (χ0) is 16.3. The van der Waals surface area contributed by atoms with Crippen LogP contribution in [0.5, 0.6) is 0 Å². The molecule has 1 aromatic heterocycles. The van der Waals surface area contributed by atoms with E-state index >= 15 is 0 Å². The van der Waals surface area contributed by atoms with E-state index in [0.717, 1.165) is 10.1 Å². The lowest BCUT2D eigenvalue weighted by Gasteiger charge is -2.27. The fourth-order valence-electron chi connectivity index (χ4n) is 1.91. The quantitative estimate of drug-likeness (QED) is 0.860. The lowest BCUT2D eigenvalue weighted by Crippen LogP contribution is -2.45. The van der Waals surface area contributed by atoms with Gasteiger partial charge in [-0.25, -0.2) is 4.68 Å².